The van der Waals surface area contributed by atoms with E-state index in [1.165, 1.54) is 41.4 Å². The van der Waals surface area contributed by atoms with Crippen LogP contribution in [-0.4, -0.2) is 46.5 Å². The minimum Gasteiger partial charge on any atom is -0.342 e. The van der Waals surface area contributed by atoms with E-state index in [0.29, 0.717) is 5.91 Å². The maximum absolute atomic E-state index is 12.9. The molecule has 2 aromatic carbocycles. The van der Waals surface area contributed by atoms with E-state index in [1.807, 2.05) is 12.1 Å². The molecule has 0 spiro atoms. The van der Waals surface area contributed by atoms with Gasteiger partial charge in [0.05, 0.1) is 0 Å². The minimum absolute atomic E-state index is 0.212. The maximum atomic E-state index is 12.9. The summed E-state index contributed by atoms with van der Waals surface area (Å²) in [7, 11) is 0. The number of hydrogen-bond acceptors (Lipinski definition) is 2. The number of benzene rings is 2. The van der Waals surface area contributed by atoms with Crippen molar-refractivity contribution in [3.63, 3.8) is 0 Å². The van der Waals surface area contributed by atoms with Gasteiger partial charge >= 0.3 is 0 Å². The van der Waals surface area contributed by atoms with Crippen molar-refractivity contribution in [3.8, 4) is 0 Å². The number of hydrogen-bond donors (Lipinski definition) is 0. The number of rotatable bonds is 5. The molecule has 0 bridgehead atoms. The van der Waals surface area contributed by atoms with Gasteiger partial charge in [0.2, 0.25) is 5.91 Å². The van der Waals surface area contributed by atoms with Crippen molar-refractivity contribution in [2.75, 3.05) is 26.2 Å². The molecule has 1 amide bonds. The van der Waals surface area contributed by atoms with Crippen LogP contribution in [0.15, 0.2) is 54.6 Å². The molecule has 5 heteroatoms. The fourth-order valence-electron chi connectivity index (χ4n) is 5.30. The molecular formula is C27H32ClN3O. The second kappa shape index (κ2) is 9.68. The Kier molecular flexibility index (Phi) is 6.52. The van der Waals surface area contributed by atoms with Crippen molar-refractivity contribution in [1.82, 2.24) is 14.4 Å². The van der Waals surface area contributed by atoms with Crippen LogP contribution in [0.1, 0.15) is 43.4 Å². The molecule has 0 atom stereocenters. The van der Waals surface area contributed by atoms with E-state index in [4.69, 9.17) is 11.6 Å². The summed E-state index contributed by atoms with van der Waals surface area (Å²) in [5, 5.41) is 2.06. The Morgan fingerprint density at radius 1 is 0.875 bits per heavy atom. The lowest BCUT2D eigenvalue weighted by Gasteiger charge is -2.35. The van der Waals surface area contributed by atoms with Crippen LogP contribution >= 0.6 is 11.6 Å². The summed E-state index contributed by atoms with van der Waals surface area (Å²) in [4.78, 5) is 17.5. The van der Waals surface area contributed by atoms with E-state index in [2.05, 4.69) is 56.8 Å². The fraction of sp³-hybridized carbons (Fsp3) is 0.444. The first kappa shape index (κ1) is 21.5. The lowest BCUT2D eigenvalue weighted by atomic mass is 9.94. The number of para-hydroxylation sites is 1. The lowest BCUT2D eigenvalue weighted by Crippen LogP contribution is -2.44. The topological polar surface area (TPSA) is 28.5 Å². The monoisotopic (exact) mass is 449 g/mol. The summed E-state index contributed by atoms with van der Waals surface area (Å²) < 4.78 is 2.43. The molecule has 5 rings (SSSR count). The van der Waals surface area contributed by atoms with Gasteiger partial charge in [0.25, 0.3) is 0 Å². The normalized spacial score (nSPS) is 18.3. The van der Waals surface area contributed by atoms with Crippen molar-refractivity contribution in [1.29, 1.82) is 0 Å². The molecule has 3 heterocycles. The third-order valence-electron chi connectivity index (χ3n) is 7.14. The van der Waals surface area contributed by atoms with Gasteiger partial charge in [0.1, 0.15) is 0 Å². The zero-order chi connectivity index (χ0) is 21.9. The number of fused-ring (bicyclic) bond motifs is 1. The zero-order valence-electron chi connectivity index (χ0n) is 18.7. The van der Waals surface area contributed by atoms with Crippen LogP contribution in [0.25, 0.3) is 10.9 Å². The average molecular weight is 450 g/mol. The number of piperidine rings is 2. The highest BCUT2D eigenvalue weighted by Gasteiger charge is 2.29. The number of likely N-dealkylation sites (tertiary alicyclic amines) is 2. The van der Waals surface area contributed by atoms with Crippen molar-refractivity contribution in [3.05, 3.63) is 70.9 Å². The van der Waals surface area contributed by atoms with E-state index in [0.717, 1.165) is 57.1 Å². The summed E-state index contributed by atoms with van der Waals surface area (Å²) in [6.07, 6.45) is 5.57. The Labute approximate surface area is 195 Å². The molecule has 2 aliphatic heterocycles. The largest absolute Gasteiger partial charge is 0.342 e. The molecule has 4 nitrogen and oxygen atoms in total. The van der Waals surface area contributed by atoms with Gasteiger partial charge in [-0.3, -0.25) is 9.69 Å². The smallest absolute Gasteiger partial charge is 0.225 e. The summed E-state index contributed by atoms with van der Waals surface area (Å²) in [6, 6.07) is 19.1. The molecule has 0 N–H and O–H groups in total. The zero-order valence-corrected chi connectivity index (χ0v) is 19.4. The van der Waals surface area contributed by atoms with Gasteiger partial charge in [-0.1, -0.05) is 41.9 Å². The molecule has 168 valence electrons. The quantitative estimate of drug-likeness (QED) is 0.509. The van der Waals surface area contributed by atoms with Crippen molar-refractivity contribution < 1.29 is 4.79 Å². The molecule has 0 saturated carbocycles. The number of aromatic nitrogens is 1. The summed E-state index contributed by atoms with van der Waals surface area (Å²) in [5.41, 5.74) is 3.86. The molecule has 0 radical (unpaired) electrons. The standard InChI is InChI=1S/C27H32ClN3O/c28-24-10-8-21(9-11-24)19-31-25(18-23-6-2-3-7-26(23)31)20-29-16-12-22(13-17-29)27(32)30-14-4-1-5-15-30/h2-3,6-11,18,22H,1,4-5,12-17,19-20H2. The van der Waals surface area contributed by atoms with E-state index >= 15 is 0 Å². The molecular weight excluding hydrogens is 418 g/mol. The Morgan fingerprint density at radius 3 is 2.34 bits per heavy atom. The van der Waals surface area contributed by atoms with Crippen LogP contribution < -0.4 is 0 Å². The highest BCUT2D eigenvalue weighted by molar-refractivity contribution is 6.30. The minimum atomic E-state index is 0.212. The van der Waals surface area contributed by atoms with Gasteiger partial charge in [0, 0.05) is 48.3 Å². The maximum Gasteiger partial charge on any atom is 0.225 e. The van der Waals surface area contributed by atoms with Crippen LogP contribution in [0, 0.1) is 5.92 Å². The molecule has 32 heavy (non-hydrogen) atoms. The van der Waals surface area contributed by atoms with Gasteiger partial charge in [-0.05, 0) is 80.4 Å². The highest BCUT2D eigenvalue weighted by Crippen LogP contribution is 2.26. The fourth-order valence-corrected chi connectivity index (χ4v) is 5.42. The number of amides is 1. The number of halogens is 1. The second-order valence-corrected chi connectivity index (χ2v) is 9.78. The van der Waals surface area contributed by atoms with Gasteiger partial charge in [0.15, 0.2) is 0 Å². The third kappa shape index (κ3) is 4.72. The molecule has 0 aliphatic carbocycles. The first-order valence-electron chi connectivity index (χ1n) is 12.0. The summed E-state index contributed by atoms with van der Waals surface area (Å²) >= 11 is 6.09. The lowest BCUT2D eigenvalue weighted by molar-refractivity contribution is -0.138. The van der Waals surface area contributed by atoms with Gasteiger partial charge < -0.3 is 9.47 Å². The number of carbonyl (C=O) groups excluding carboxylic acids is 1. The van der Waals surface area contributed by atoms with E-state index in [-0.39, 0.29) is 5.92 Å². The average Bonchev–Trinajstić information content (AvgIpc) is 3.18. The first-order valence-corrected chi connectivity index (χ1v) is 12.4. The molecule has 1 aromatic heterocycles. The van der Waals surface area contributed by atoms with Crippen LogP contribution in [-0.2, 0) is 17.9 Å². The van der Waals surface area contributed by atoms with E-state index < -0.39 is 0 Å². The summed E-state index contributed by atoms with van der Waals surface area (Å²) in [6.45, 7) is 5.67. The van der Waals surface area contributed by atoms with Gasteiger partial charge in [-0.15, -0.1) is 0 Å². The van der Waals surface area contributed by atoms with Crippen molar-refractivity contribution >= 4 is 28.4 Å². The number of carbonyl (C=O) groups is 1. The van der Waals surface area contributed by atoms with Crippen LogP contribution in [0.3, 0.4) is 0 Å². The molecule has 3 aromatic rings. The molecule has 2 saturated heterocycles. The first-order chi connectivity index (χ1) is 15.7. The predicted octanol–water partition coefficient (Wildman–Crippen LogP) is 5.57. The second-order valence-electron chi connectivity index (χ2n) is 9.34. The van der Waals surface area contributed by atoms with Crippen LogP contribution in [0.5, 0.6) is 0 Å². The molecule has 0 unspecified atom stereocenters. The highest BCUT2D eigenvalue weighted by atomic mass is 35.5. The van der Waals surface area contributed by atoms with Crippen molar-refractivity contribution in [2.45, 2.75) is 45.2 Å². The molecule has 2 fully saturated rings. The van der Waals surface area contributed by atoms with Crippen LogP contribution in [0.2, 0.25) is 5.02 Å². The van der Waals surface area contributed by atoms with Gasteiger partial charge in [-0.2, -0.15) is 0 Å². The predicted molar refractivity (Wildman–Crippen MR) is 131 cm³/mol. The third-order valence-corrected chi connectivity index (χ3v) is 7.39. The van der Waals surface area contributed by atoms with Gasteiger partial charge in [-0.25, -0.2) is 0 Å². The van der Waals surface area contributed by atoms with E-state index in [1.54, 1.807) is 0 Å². The number of nitrogens with zero attached hydrogens (tertiary/aromatic N) is 3. The SMILES string of the molecule is O=C(C1CCN(Cc2cc3ccccc3n2Cc2ccc(Cl)cc2)CC1)N1CCCCC1. The Balaban J connectivity index is 1.28. The van der Waals surface area contributed by atoms with Crippen LogP contribution in [0.4, 0.5) is 0 Å². The Morgan fingerprint density at radius 2 is 1.59 bits per heavy atom. The Hall–Kier alpha value is -2.30. The molecule has 2 aliphatic rings. The summed E-state index contributed by atoms with van der Waals surface area (Å²) in [5.74, 6) is 0.616. The van der Waals surface area contributed by atoms with E-state index in [9.17, 15) is 4.79 Å². The Bertz CT molecular complexity index is 1060. The van der Waals surface area contributed by atoms with Crippen molar-refractivity contribution in [2.24, 2.45) is 5.92 Å².